The van der Waals surface area contributed by atoms with Gasteiger partial charge in [-0.25, -0.2) is 13.4 Å². The van der Waals surface area contributed by atoms with E-state index in [2.05, 4.69) is 53.1 Å². The molecule has 0 spiro atoms. The van der Waals surface area contributed by atoms with Crippen molar-refractivity contribution in [2.75, 3.05) is 38.3 Å². The van der Waals surface area contributed by atoms with Crippen molar-refractivity contribution in [1.29, 1.82) is 0 Å². The second kappa shape index (κ2) is 12.9. The molecule has 0 saturated carbocycles. The molecule has 1 aromatic heterocycles. The summed E-state index contributed by atoms with van der Waals surface area (Å²) in [6.07, 6.45) is -1.55. The van der Waals surface area contributed by atoms with Gasteiger partial charge in [-0.05, 0) is 56.5 Å². The summed E-state index contributed by atoms with van der Waals surface area (Å²) < 4.78 is 70.1. The van der Waals surface area contributed by atoms with Gasteiger partial charge in [0.15, 0.2) is 9.84 Å². The number of anilines is 1. The quantitative estimate of drug-likeness (QED) is 0.362. The zero-order valence-corrected chi connectivity index (χ0v) is 25.6. The van der Waals surface area contributed by atoms with E-state index in [0.29, 0.717) is 23.0 Å². The number of imidazole rings is 1. The lowest BCUT2D eigenvalue weighted by molar-refractivity contribution is -0.139. The average Bonchev–Trinajstić information content (AvgIpc) is 3.31. The van der Waals surface area contributed by atoms with Crippen molar-refractivity contribution in [2.45, 2.75) is 56.9 Å². The number of fused-ring (bicyclic) bond motifs is 1. The Morgan fingerprint density at radius 2 is 1.98 bits per heavy atom. The molecule has 1 fully saturated rings. The van der Waals surface area contributed by atoms with Gasteiger partial charge < -0.3 is 24.8 Å². The molecule has 2 aromatic carbocycles. The number of hydrogen-bond acceptors (Lipinski definition) is 7. The van der Waals surface area contributed by atoms with Gasteiger partial charge in [0.05, 0.1) is 41.6 Å². The van der Waals surface area contributed by atoms with Crippen molar-refractivity contribution in [3.63, 3.8) is 0 Å². The Balaban J connectivity index is 1.61. The molecule has 0 aliphatic carbocycles. The Kier molecular flexibility index (Phi) is 9.61. The molecule has 0 bridgehead atoms. The number of sulfone groups is 1. The molecule has 1 aliphatic rings. The highest BCUT2D eigenvalue weighted by Crippen LogP contribution is 2.28. The van der Waals surface area contributed by atoms with Crippen molar-refractivity contribution in [3.8, 4) is 17.6 Å². The molecule has 3 aromatic rings. The number of alkyl halides is 3. The molecule has 2 N–H and O–H groups in total. The van der Waals surface area contributed by atoms with E-state index >= 15 is 0 Å². The van der Waals surface area contributed by atoms with Crippen LogP contribution in [0, 0.1) is 17.8 Å². The summed E-state index contributed by atoms with van der Waals surface area (Å²) in [6.45, 7) is 6.80. The van der Waals surface area contributed by atoms with E-state index in [1.54, 1.807) is 0 Å². The second-order valence-corrected chi connectivity index (χ2v) is 13.1. The predicted molar refractivity (Wildman–Crippen MR) is 159 cm³/mol. The minimum absolute atomic E-state index is 0.0664. The molecule has 1 saturated heterocycles. The lowest BCUT2D eigenvalue weighted by Crippen LogP contribution is -2.51. The number of halogens is 3. The van der Waals surface area contributed by atoms with Gasteiger partial charge in [-0.1, -0.05) is 18.8 Å². The number of methoxy groups -OCH3 is 1. The molecule has 1 aliphatic heterocycles. The number of benzene rings is 2. The van der Waals surface area contributed by atoms with E-state index in [4.69, 9.17) is 4.74 Å². The maximum atomic E-state index is 13.5. The molecule has 4 rings (SSSR count). The predicted octanol–water partition coefficient (Wildman–Crippen LogP) is 4.32. The highest BCUT2D eigenvalue weighted by atomic mass is 32.2. The van der Waals surface area contributed by atoms with Crippen LogP contribution in [0.15, 0.2) is 41.6 Å². The molecule has 232 valence electrons. The lowest BCUT2D eigenvalue weighted by Gasteiger charge is -2.39. The molecular formula is C30H36F3N5O4S. The molecule has 13 heteroatoms. The Hall–Kier alpha value is -3.76. The third-order valence-electron chi connectivity index (χ3n) is 7.50. The van der Waals surface area contributed by atoms with Gasteiger partial charge in [0.25, 0.3) is 5.91 Å². The van der Waals surface area contributed by atoms with Gasteiger partial charge in [-0.2, -0.15) is 13.2 Å². The van der Waals surface area contributed by atoms with Gasteiger partial charge >= 0.3 is 6.18 Å². The number of nitrogens with zero attached hydrogens (tertiary/aromatic N) is 3. The van der Waals surface area contributed by atoms with Crippen molar-refractivity contribution in [2.24, 2.45) is 5.92 Å². The van der Waals surface area contributed by atoms with Crippen LogP contribution >= 0.6 is 0 Å². The van der Waals surface area contributed by atoms with Crippen LogP contribution in [0.5, 0.6) is 5.75 Å². The van der Waals surface area contributed by atoms with E-state index < -0.39 is 28.5 Å². The first-order valence-electron chi connectivity index (χ1n) is 13.9. The van der Waals surface area contributed by atoms with E-state index in [-0.39, 0.29) is 40.0 Å². The summed E-state index contributed by atoms with van der Waals surface area (Å²) in [5, 5.41) is 6.10. The van der Waals surface area contributed by atoms with E-state index in [9.17, 15) is 26.4 Å². The summed E-state index contributed by atoms with van der Waals surface area (Å²) in [5.74, 6) is 6.00. The number of amides is 1. The van der Waals surface area contributed by atoms with Crippen LogP contribution in [0.1, 0.15) is 43.1 Å². The summed E-state index contributed by atoms with van der Waals surface area (Å²) in [7, 11) is -2.00. The first kappa shape index (κ1) is 32.2. The number of rotatable bonds is 8. The third kappa shape index (κ3) is 8.00. The van der Waals surface area contributed by atoms with Crippen LogP contribution in [0.2, 0.25) is 0 Å². The van der Waals surface area contributed by atoms with Crippen molar-refractivity contribution >= 4 is 32.5 Å². The van der Waals surface area contributed by atoms with Crippen molar-refractivity contribution in [1.82, 2.24) is 19.8 Å². The van der Waals surface area contributed by atoms with Crippen LogP contribution in [-0.2, 0) is 16.4 Å². The number of nitrogens with one attached hydrogen (secondary N) is 2. The minimum atomic E-state index is -4.49. The van der Waals surface area contributed by atoms with Gasteiger partial charge in [0, 0.05) is 37.0 Å². The van der Waals surface area contributed by atoms with Gasteiger partial charge in [-0.15, -0.1) is 0 Å². The monoisotopic (exact) mass is 619 g/mol. The Morgan fingerprint density at radius 3 is 2.60 bits per heavy atom. The number of carbonyl (C=O) groups excluding carboxylic acids is 1. The highest BCUT2D eigenvalue weighted by molar-refractivity contribution is 7.90. The first-order chi connectivity index (χ1) is 20.2. The fourth-order valence-corrected chi connectivity index (χ4v) is 5.82. The normalized spacial score (nSPS) is 17.9. The molecule has 0 unspecified atom stereocenters. The van der Waals surface area contributed by atoms with Crippen LogP contribution in [-0.4, -0.2) is 80.0 Å². The molecule has 2 atom stereocenters. The number of piperidine rings is 1. The van der Waals surface area contributed by atoms with Crippen LogP contribution in [0.4, 0.5) is 18.9 Å². The smallest absolute Gasteiger partial charge is 0.406 e. The maximum Gasteiger partial charge on any atom is 0.406 e. The Morgan fingerprint density at radius 1 is 1.23 bits per heavy atom. The first-order valence-corrected chi connectivity index (χ1v) is 15.8. The summed E-state index contributed by atoms with van der Waals surface area (Å²) in [4.78, 5) is 20.1. The molecular weight excluding hydrogens is 583 g/mol. The van der Waals surface area contributed by atoms with Crippen LogP contribution < -0.4 is 15.4 Å². The van der Waals surface area contributed by atoms with Crippen molar-refractivity contribution < 1.29 is 31.1 Å². The van der Waals surface area contributed by atoms with E-state index in [1.165, 1.54) is 37.4 Å². The fraction of sp³-hybridized carbons (Fsp3) is 0.467. The van der Waals surface area contributed by atoms with Crippen LogP contribution in [0.25, 0.3) is 11.0 Å². The van der Waals surface area contributed by atoms with Crippen molar-refractivity contribution in [3.05, 3.63) is 47.8 Å². The molecule has 2 heterocycles. The Labute approximate surface area is 249 Å². The number of likely N-dealkylation sites (tertiary alicyclic amines) is 1. The minimum Gasteiger partial charge on any atom is -0.495 e. The van der Waals surface area contributed by atoms with Gasteiger partial charge in [-0.3, -0.25) is 4.79 Å². The molecule has 0 radical (unpaired) electrons. The van der Waals surface area contributed by atoms with Crippen LogP contribution in [0.3, 0.4) is 0 Å². The van der Waals surface area contributed by atoms with E-state index in [0.717, 1.165) is 36.7 Å². The molecule has 43 heavy (non-hydrogen) atoms. The fourth-order valence-electron chi connectivity index (χ4n) is 5.18. The largest absolute Gasteiger partial charge is 0.495 e. The highest BCUT2D eigenvalue weighted by Gasteiger charge is 2.31. The standard InChI is InChI=1S/C30H36F3N5O4S/c1-19(2)37-12-10-24(20(3)16-37)36-29(39)23-13-21(14-26-28(23)35-18-38(26)17-30(31,32)33)7-6-11-34-25-15-22(43(5,40)41)8-9-27(25)42-4/h8-9,13-15,18-20,24,34H,10-12,16-17H2,1-5H3,(H,36,39)/t20-,24-/m0/s1. The maximum absolute atomic E-state index is 13.5. The number of hydrogen-bond donors (Lipinski definition) is 2. The number of ether oxygens (including phenoxy) is 1. The third-order valence-corrected chi connectivity index (χ3v) is 8.61. The lowest BCUT2D eigenvalue weighted by atomic mass is 9.92. The number of carbonyl (C=O) groups is 1. The van der Waals surface area contributed by atoms with Gasteiger partial charge in [0.2, 0.25) is 0 Å². The average molecular weight is 620 g/mol. The summed E-state index contributed by atoms with van der Waals surface area (Å²) in [5.41, 5.74) is 1.21. The zero-order valence-electron chi connectivity index (χ0n) is 24.7. The SMILES string of the molecule is COc1ccc(S(C)(=O)=O)cc1NCC#Cc1cc(C(=O)N[C@H]2CCN(C(C)C)C[C@@H]2C)c2ncn(CC(F)(F)F)c2c1. The topological polar surface area (TPSA) is 106 Å². The summed E-state index contributed by atoms with van der Waals surface area (Å²) in [6, 6.07) is 7.72. The molecule has 1 amide bonds. The summed E-state index contributed by atoms with van der Waals surface area (Å²) >= 11 is 0. The van der Waals surface area contributed by atoms with Gasteiger partial charge in [0.1, 0.15) is 17.8 Å². The zero-order chi connectivity index (χ0) is 31.5. The Bertz CT molecular complexity index is 1660. The van der Waals surface area contributed by atoms with E-state index in [1.807, 2.05) is 0 Å². The molecule has 9 nitrogen and oxygen atoms in total. The number of aromatic nitrogens is 2. The second-order valence-electron chi connectivity index (χ2n) is 11.1.